The Balaban J connectivity index is 1.35. The van der Waals surface area contributed by atoms with Crippen molar-refractivity contribution >= 4 is 23.5 Å². The van der Waals surface area contributed by atoms with Gasteiger partial charge in [0.1, 0.15) is 11.5 Å². The molecular weight excluding hydrogens is 528 g/mol. The van der Waals surface area contributed by atoms with Crippen molar-refractivity contribution in [3.63, 3.8) is 0 Å². The van der Waals surface area contributed by atoms with E-state index in [0.717, 1.165) is 22.4 Å². The summed E-state index contributed by atoms with van der Waals surface area (Å²) in [5.74, 6) is -0.924. The van der Waals surface area contributed by atoms with Crippen molar-refractivity contribution in [3.8, 4) is 0 Å². The fourth-order valence-corrected chi connectivity index (χ4v) is 6.33. The lowest BCUT2D eigenvalue weighted by molar-refractivity contribution is -0.131. The summed E-state index contributed by atoms with van der Waals surface area (Å²) in [6, 6.07) is 26.7. The van der Waals surface area contributed by atoms with Gasteiger partial charge in [-0.25, -0.2) is 9.78 Å². The van der Waals surface area contributed by atoms with Gasteiger partial charge >= 0.3 is 5.97 Å². The normalized spacial score (nSPS) is 21.1. The van der Waals surface area contributed by atoms with E-state index in [0.29, 0.717) is 32.2 Å². The molecule has 0 bridgehead atoms. The number of aromatic nitrogens is 2. The fraction of sp³-hybridized carbons (Fsp3) is 0.265. The second-order valence-corrected chi connectivity index (χ2v) is 10.8. The van der Waals surface area contributed by atoms with Crippen LogP contribution >= 0.6 is 0 Å². The summed E-state index contributed by atoms with van der Waals surface area (Å²) in [6.45, 7) is 0.400. The van der Waals surface area contributed by atoms with Gasteiger partial charge in [-0.15, -0.1) is 0 Å². The number of nitrogens with zero attached hydrogens (tertiary/aromatic N) is 3. The van der Waals surface area contributed by atoms with Crippen molar-refractivity contribution in [3.05, 3.63) is 126 Å². The highest BCUT2D eigenvalue weighted by atomic mass is 16.5. The van der Waals surface area contributed by atoms with E-state index in [1.165, 1.54) is 18.6 Å². The molecule has 1 aliphatic heterocycles. The molecule has 0 saturated heterocycles. The Morgan fingerprint density at radius 2 is 1.64 bits per heavy atom. The van der Waals surface area contributed by atoms with Crippen molar-refractivity contribution in [2.24, 2.45) is 0 Å². The number of esters is 1. The zero-order valence-corrected chi connectivity index (χ0v) is 23.2. The first-order valence-electron chi connectivity index (χ1n) is 14.3. The summed E-state index contributed by atoms with van der Waals surface area (Å²) in [7, 11) is 0. The number of nitrogens with one attached hydrogen (secondary N) is 1. The summed E-state index contributed by atoms with van der Waals surface area (Å²) < 4.78 is 6.03. The number of fused-ring (bicyclic) bond motifs is 2. The summed E-state index contributed by atoms with van der Waals surface area (Å²) >= 11 is 0. The molecule has 1 N–H and O–H groups in total. The molecule has 1 aliphatic carbocycles. The van der Waals surface area contributed by atoms with Gasteiger partial charge in [0, 0.05) is 24.5 Å². The maximum absolute atomic E-state index is 14.6. The molecule has 3 aromatic carbocycles. The Morgan fingerprint density at radius 1 is 0.929 bits per heavy atom. The van der Waals surface area contributed by atoms with Gasteiger partial charge < -0.3 is 15.0 Å². The van der Waals surface area contributed by atoms with Crippen LogP contribution in [0.4, 0.5) is 5.69 Å². The second-order valence-electron chi connectivity index (χ2n) is 10.8. The Bertz CT molecular complexity index is 1560. The van der Waals surface area contributed by atoms with Crippen molar-refractivity contribution in [2.75, 3.05) is 4.90 Å². The van der Waals surface area contributed by atoms with Crippen LogP contribution in [-0.4, -0.2) is 39.9 Å². The van der Waals surface area contributed by atoms with Gasteiger partial charge in [0.25, 0.3) is 0 Å². The lowest BCUT2D eigenvalue weighted by Gasteiger charge is -2.44. The van der Waals surface area contributed by atoms with E-state index in [1.54, 1.807) is 4.90 Å². The van der Waals surface area contributed by atoms with Crippen LogP contribution in [0, 0.1) is 0 Å². The van der Waals surface area contributed by atoms with E-state index < -0.39 is 23.5 Å². The molecule has 1 aromatic heterocycles. The molecule has 2 aliphatic rings. The van der Waals surface area contributed by atoms with Gasteiger partial charge in [0.05, 0.1) is 18.8 Å². The van der Waals surface area contributed by atoms with Crippen LogP contribution in [0.1, 0.15) is 52.9 Å². The minimum Gasteiger partial charge on any atom is -0.455 e. The number of rotatable bonds is 8. The number of ether oxygens (including phenoxy) is 1. The van der Waals surface area contributed by atoms with Gasteiger partial charge in [0.15, 0.2) is 5.69 Å². The number of hydrogen-bond donors (Lipinski definition) is 1. The lowest BCUT2D eigenvalue weighted by atomic mass is 9.65. The number of benzene rings is 3. The van der Waals surface area contributed by atoms with Crippen molar-refractivity contribution in [1.82, 2.24) is 15.3 Å². The smallest absolute Gasteiger partial charge is 0.358 e. The first-order valence-corrected chi connectivity index (χ1v) is 14.3. The molecule has 2 amide bonds. The molecular formula is C34H32N4O4. The molecule has 0 radical (unpaired) electrons. The largest absolute Gasteiger partial charge is 0.455 e. The number of hydrogen-bond acceptors (Lipinski definition) is 6. The summed E-state index contributed by atoms with van der Waals surface area (Å²) in [4.78, 5) is 51.2. The predicted molar refractivity (Wildman–Crippen MR) is 158 cm³/mol. The van der Waals surface area contributed by atoms with E-state index in [4.69, 9.17) is 4.74 Å². The molecule has 3 atom stereocenters. The molecule has 8 heteroatoms. The topological polar surface area (TPSA) is 101 Å². The summed E-state index contributed by atoms with van der Waals surface area (Å²) in [6.07, 6.45) is 6.01. The number of anilines is 1. The molecule has 1 fully saturated rings. The van der Waals surface area contributed by atoms with Gasteiger partial charge in [-0.3, -0.25) is 14.6 Å². The van der Waals surface area contributed by atoms with E-state index >= 15 is 0 Å². The van der Waals surface area contributed by atoms with Gasteiger partial charge in [0.2, 0.25) is 11.8 Å². The third kappa shape index (κ3) is 5.28. The number of carbonyl (C=O) groups is 3. The van der Waals surface area contributed by atoms with E-state index in [-0.39, 0.29) is 23.9 Å². The van der Waals surface area contributed by atoms with Crippen LogP contribution in [-0.2, 0) is 32.7 Å². The Kier molecular flexibility index (Phi) is 7.77. The van der Waals surface area contributed by atoms with Crippen LogP contribution in [0.2, 0.25) is 0 Å². The Labute approximate surface area is 244 Å². The molecule has 42 heavy (non-hydrogen) atoms. The highest BCUT2D eigenvalue weighted by molar-refractivity contribution is 6.09. The molecule has 8 nitrogen and oxygen atoms in total. The number of aryl methyl sites for hydroxylation is 1. The molecule has 6 rings (SSSR count). The summed E-state index contributed by atoms with van der Waals surface area (Å²) in [5.41, 5.74) is 2.71. The monoisotopic (exact) mass is 560 g/mol. The van der Waals surface area contributed by atoms with Gasteiger partial charge in [-0.1, -0.05) is 78.9 Å². The van der Waals surface area contributed by atoms with Crippen molar-refractivity contribution in [1.29, 1.82) is 0 Å². The Hall–Kier alpha value is -4.85. The standard InChI is InChI=1S/C34H32N4O4/c39-30(18-17-24-10-3-1-4-11-24)37-31-29(42-32(40)27-22-35-20-21-36-27)16-9-19-34(31)26-14-7-8-15-28(26)38(33(34)41)23-25-12-5-2-6-13-25/h1-8,10-15,20-22,29,31H,9,16-19,23H2,(H,37,39)/t29-,31+,34+/m1/s1. The minimum atomic E-state index is -1.08. The highest BCUT2D eigenvalue weighted by Gasteiger charge is 2.60. The van der Waals surface area contributed by atoms with Crippen LogP contribution < -0.4 is 10.2 Å². The average molecular weight is 561 g/mol. The maximum atomic E-state index is 14.6. The summed E-state index contributed by atoms with van der Waals surface area (Å²) in [5, 5.41) is 3.18. The molecule has 2 heterocycles. The highest BCUT2D eigenvalue weighted by Crippen LogP contribution is 2.51. The van der Waals surface area contributed by atoms with E-state index in [2.05, 4.69) is 15.3 Å². The minimum absolute atomic E-state index is 0.0788. The van der Waals surface area contributed by atoms with Gasteiger partial charge in [-0.05, 0) is 48.4 Å². The van der Waals surface area contributed by atoms with Gasteiger partial charge in [-0.2, -0.15) is 0 Å². The molecule has 0 unspecified atom stereocenters. The SMILES string of the molecule is O=C(CCc1ccccc1)N[C@H]1[C@H](OC(=O)c2cnccn2)CCC[C@@]12C(=O)N(Cc1ccccc1)c1ccccc12. The third-order valence-corrected chi connectivity index (χ3v) is 8.28. The second kappa shape index (κ2) is 11.9. The Morgan fingerprint density at radius 3 is 2.38 bits per heavy atom. The number of amides is 2. The zero-order chi connectivity index (χ0) is 28.9. The lowest BCUT2D eigenvalue weighted by Crippen LogP contribution is -2.63. The van der Waals surface area contributed by atoms with Crippen LogP contribution in [0.5, 0.6) is 0 Å². The zero-order valence-electron chi connectivity index (χ0n) is 23.2. The van der Waals surface area contributed by atoms with Crippen LogP contribution in [0.3, 0.4) is 0 Å². The molecule has 212 valence electrons. The first-order chi connectivity index (χ1) is 20.6. The number of para-hydroxylation sites is 1. The van der Waals surface area contributed by atoms with Crippen molar-refractivity contribution < 1.29 is 19.1 Å². The quantitative estimate of drug-likeness (QED) is 0.311. The molecule has 1 saturated carbocycles. The third-order valence-electron chi connectivity index (χ3n) is 8.28. The molecule has 4 aromatic rings. The predicted octanol–water partition coefficient (Wildman–Crippen LogP) is 4.79. The van der Waals surface area contributed by atoms with E-state index in [1.807, 2.05) is 84.9 Å². The number of carbonyl (C=O) groups excluding carboxylic acids is 3. The molecule has 1 spiro atoms. The van der Waals surface area contributed by atoms with E-state index in [9.17, 15) is 14.4 Å². The van der Waals surface area contributed by atoms with Crippen molar-refractivity contribution in [2.45, 2.75) is 56.2 Å². The van der Waals surface area contributed by atoms with Crippen LogP contribution in [0.25, 0.3) is 0 Å². The first kappa shape index (κ1) is 27.3. The van der Waals surface area contributed by atoms with Crippen LogP contribution in [0.15, 0.2) is 104 Å². The average Bonchev–Trinajstić information content (AvgIpc) is 3.26. The fourth-order valence-electron chi connectivity index (χ4n) is 6.33. The maximum Gasteiger partial charge on any atom is 0.358 e.